The van der Waals surface area contributed by atoms with Gasteiger partial charge in [0.05, 0.1) is 12.2 Å². The lowest BCUT2D eigenvalue weighted by Gasteiger charge is -2.15. The van der Waals surface area contributed by atoms with Gasteiger partial charge in [0.2, 0.25) is 5.95 Å². The van der Waals surface area contributed by atoms with E-state index in [0.29, 0.717) is 0 Å². The van der Waals surface area contributed by atoms with Crippen LogP contribution in [0.25, 0.3) is 0 Å². The summed E-state index contributed by atoms with van der Waals surface area (Å²) in [4.78, 5) is 10.6. The van der Waals surface area contributed by atoms with E-state index < -0.39 is 23.7 Å². The van der Waals surface area contributed by atoms with Gasteiger partial charge >= 0.3 is 6.18 Å². The molecule has 20 heavy (non-hydrogen) atoms. The summed E-state index contributed by atoms with van der Waals surface area (Å²) in [5.41, 5.74) is -0.793. The summed E-state index contributed by atoms with van der Waals surface area (Å²) in [5.74, 6) is -0.775. The van der Waals surface area contributed by atoms with E-state index in [4.69, 9.17) is 0 Å². The van der Waals surface area contributed by atoms with Crippen LogP contribution in [-0.4, -0.2) is 15.0 Å². The van der Waals surface area contributed by atoms with Gasteiger partial charge in [0.1, 0.15) is 11.5 Å². The van der Waals surface area contributed by atoms with Gasteiger partial charge in [0, 0.05) is 18.0 Å². The van der Waals surface area contributed by atoms with Gasteiger partial charge in [0.25, 0.3) is 0 Å². The highest BCUT2D eigenvalue weighted by Crippen LogP contribution is 2.28. The molecular weight excluding hydrogens is 276 g/mol. The van der Waals surface area contributed by atoms with Crippen LogP contribution in [0.15, 0.2) is 30.7 Å². The quantitative estimate of drug-likeness (QED) is 0.880. The molecule has 0 saturated carbocycles. The van der Waals surface area contributed by atoms with Crippen molar-refractivity contribution in [2.45, 2.75) is 19.1 Å². The fraction of sp³-hybridized carbons (Fsp3) is 0.250. The molecule has 4 nitrogen and oxygen atoms in total. The standard InChI is InChI=1S/C12H10F4N4/c1-7(8-2-4-17-6-9(8)13)19-11-18-5-3-10(20-11)12(14,15)16/h2-7H,1H3,(H,18,19,20)/t7-/m0/s1. The maximum atomic E-state index is 13.5. The Hall–Kier alpha value is -2.25. The van der Waals surface area contributed by atoms with Crippen molar-refractivity contribution >= 4 is 5.95 Å². The van der Waals surface area contributed by atoms with E-state index in [2.05, 4.69) is 20.3 Å². The van der Waals surface area contributed by atoms with Gasteiger partial charge in [0.15, 0.2) is 0 Å². The molecule has 0 unspecified atom stereocenters. The first-order valence-corrected chi connectivity index (χ1v) is 5.64. The van der Waals surface area contributed by atoms with Gasteiger partial charge in [-0.3, -0.25) is 4.98 Å². The third-order valence-electron chi connectivity index (χ3n) is 2.56. The maximum absolute atomic E-state index is 13.5. The van der Waals surface area contributed by atoms with Crippen molar-refractivity contribution in [3.63, 3.8) is 0 Å². The summed E-state index contributed by atoms with van der Waals surface area (Å²) >= 11 is 0. The average Bonchev–Trinajstić information content (AvgIpc) is 2.38. The van der Waals surface area contributed by atoms with Gasteiger partial charge in [-0.1, -0.05) is 0 Å². The number of nitrogens with zero attached hydrogens (tertiary/aromatic N) is 3. The van der Waals surface area contributed by atoms with E-state index >= 15 is 0 Å². The molecule has 0 fully saturated rings. The Balaban J connectivity index is 2.20. The number of anilines is 1. The largest absolute Gasteiger partial charge is 0.433 e. The first-order chi connectivity index (χ1) is 9.38. The van der Waals surface area contributed by atoms with Crippen LogP contribution in [-0.2, 0) is 6.18 Å². The third-order valence-corrected chi connectivity index (χ3v) is 2.56. The van der Waals surface area contributed by atoms with Gasteiger partial charge in [-0.2, -0.15) is 13.2 Å². The SMILES string of the molecule is C[C@H](Nc1nccc(C(F)(F)F)n1)c1ccncc1F. The Bertz CT molecular complexity index is 600. The molecule has 1 atom stereocenters. The zero-order valence-corrected chi connectivity index (χ0v) is 10.3. The summed E-state index contributed by atoms with van der Waals surface area (Å²) in [7, 11) is 0. The minimum atomic E-state index is -4.55. The molecule has 0 bridgehead atoms. The van der Waals surface area contributed by atoms with Crippen molar-refractivity contribution in [1.29, 1.82) is 0 Å². The predicted molar refractivity (Wildman–Crippen MR) is 63.3 cm³/mol. The minimum Gasteiger partial charge on any atom is -0.348 e. The topological polar surface area (TPSA) is 50.7 Å². The fourth-order valence-corrected chi connectivity index (χ4v) is 1.59. The minimum absolute atomic E-state index is 0.219. The van der Waals surface area contributed by atoms with E-state index in [1.165, 1.54) is 12.3 Å². The van der Waals surface area contributed by atoms with Crippen LogP contribution in [0.3, 0.4) is 0 Å². The van der Waals surface area contributed by atoms with Crippen LogP contribution in [0, 0.1) is 5.82 Å². The van der Waals surface area contributed by atoms with E-state index in [9.17, 15) is 17.6 Å². The molecule has 1 N–H and O–H groups in total. The molecule has 0 aliphatic carbocycles. The molecule has 0 aromatic carbocycles. The second-order valence-corrected chi connectivity index (χ2v) is 4.03. The van der Waals surface area contributed by atoms with Crippen molar-refractivity contribution in [2.75, 3.05) is 5.32 Å². The van der Waals surface area contributed by atoms with Gasteiger partial charge < -0.3 is 5.32 Å². The zero-order valence-electron chi connectivity index (χ0n) is 10.3. The molecule has 106 valence electrons. The monoisotopic (exact) mass is 286 g/mol. The summed E-state index contributed by atoms with van der Waals surface area (Å²) in [5, 5.41) is 2.62. The van der Waals surface area contributed by atoms with Crippen molar-refractivity contribution < 1.29 is 17.6 Å². The van der Waals surface area contributed by atoms with E-state index in [0.717, 1.165) is 18.5 Å². The number of aromatic nitrogens is 3. The molecule has 0 amide bonds. The lowest BCUT2D eigenvalue weighted by atomic mass is 10.1. The number of halogens is 4. The fourth-order valence-electron chi connectivity index (χ4n) is 1.59. The highest BCUT2D eigenvalue weighted by Gasteiger charge is 2.32. The van der Waals surface area contributed by atoms with Crippen LogP contribution >= 0.6 is 0 Å². The third kappa shape index (κ3) is 3.19. The molecule has 0 aliphatic rings. The van der Waals surface area contributed by atoms with Gasteiger partial charge in [-0.05, 0) is 19.1 Å². The van der Waals surface area contributed by atoms with Crippen LogP contribution in [0.5, 0.6) is 0 Å². The number of rotatable bonds is 3. The molecule has 0 saturated heterocycles. The Kier molecular flexibility index (Phi) is 3.82. The summed E-state index contributed by atoms with van der Waals surface area (Å²) in [6.07, 6.45) is -1.14. The van der Waals surface area contributed by atoms with E-state index in [1.54, 1.807) is 6.92 Å². The first kappa shape index (κ1) is 14.2. The Morgan fingerprint density at radius 1 is 1.20 bits per heavy atom. The van der Waals surface area contributed by atoms with Crippen molar-refractivity contribution in [2.24, 2.45) is 0 Å². The summed E-state index contributed by atoms with van der Waals surface area (Å²) in [6, 6.07) is 1.60. The number of hydrogen-bond donors (Lipinski definition) is 1. The van der Waals surface area contributed by atoms with Gasteiger partial charge in [-0.15, -0.1) is 0 Å². The Morgan fingerprint density at radius 2 is 1.95 bits per heavy atom. The van der Waals surface area contributed by atoms with Gasteiger partial charge in [-0.25, -0.2) is 14.4 Å². The van der Waals surface area contributed by atoms with E-state index in [-0.39, 0.29) is 11.5 Å². The lowest BCUT2D eigenvalue weighted by Crippen LogP contribution is -2.14. The zero-order chi connectivity index (χ0) is 14.8. The van der Waals surface area contributed by atoms with E-state index in [1.807, 2.05) is 0 Å². The molecule has 2 aromatic heterocycles. The molecular formula is C12H10F4N4. The molecule has 2 aromatic rings. The molecule has 8 heteroatoms. The second-order valence-electron chi connectivity index (χ2n) is 4.03. The highest BCUT2D eigenvalue weighted by molar-refractivity contribution is 5.32. The first-order valence-electron chi connectivity index (χ1n) is 5.64. The predicted octanol–water partition coefficient (Wildman–Crippen LogP) is 3.20. The number of pyridine rings is 1. The molecule has 2 heterocycles. The Morgan fingerprint density at radius 3 is 2.60 bits per heavy atom. The summed E-state index contributed by atoms with van der Waals surface area (Å²) in [6.45, 7) is 1.59. The van der Waals surface area contributed by atoms with Crippen molar-refractivity contribution in [3.8, 4) is 0 Å². The van der Waals surface area contributed by atoms with Crippen molar-refractivity contribution in [1.82, 2.24) is 15.0 Å². The average molecular weight is 286 g/mol. The maximum Gasteiger partial charge on any atom is 0.433 e. The molecule has 0 radical (unpaired) electrons. The molecule has 0 aliphatic heterocycles. The van der Waals surface area contributed by atoms with Crippen LogP contribution in [0.2, 0.25) is 0 Å². The molecule has 0 spiro atoms. The number of nitrogens with one attached hydrogen (secondary N) is 1. The lowest BCUT2D eigenvalue weighted by molar-refractivity contribution is -0.141. The molecule has 2 rings (SSSR count). The number of hydrogen-bond acceptors (Lipinski definition) is 4. The second kappa shape index (κ2) is 5.40. The van der Waals surface area contributed by atoms with Crippen LogP contribution in [0.1, 0.15) is 24.2 Å². The smallest absolute Gasteiger partial charge is 0.348 e. The summed E-state index contributed by atoms with van der Waals surface area (Å²) < 4.78 is 51.0. The van der Waals surface area contributed by atoms with Crippen molar-refractivity contribution in [3.05, 3.63) is 47.8 Å². The van der Waals surface area contributed by atoms with Crippen LogP contribution in [0.4, 0.5) is 23.5 Å². The Labute approximate surface area is 111 Å². The highest BCUT2D eigenvalue weighted by atomic mass is 19.4. The van der Waals surface area contributed by atoms with Crippen LogP contribution < -0.4 is 5.32 Å². The normalized spacial score (nSPS) is 13.1. The number of alkyl halides is 3.